The van der Waals surface area contributed by atoms with Crippen LogP contribution in [0.1, 0.15) is 31.2 Å². The molecular formula is C18H23ClN4O. The number of hydrogen-bond acceptors (Lipinski definition) is 4. The van der Waals surface area contributed by atoms with E-state index >= 15 is 0 Å². The Hall–Kier alpha value is -1.61. The third-order valence-electron chi connectivity index (χ3n) is 4.99. The Morgan fingerprint density at radius 1 is 1.25 bits per heavy atom. The molecule has 0 radical (unpaired) electrons. The molecule has 2 aliphatic rings. The van der Waals surface area contributed by atoms with Crippen LogP contribution in [0, 0.1) is 11.3 Å². The molecule has 1 amide bonds. The van der Waals surface area contributed by atoms with Gasteiger partial charge in [-0.3, -0.25) is 14.6 Å². The van der Waals surface area contributed by atoms with Crippen LogP contribution in [0.5, 0.6) is 0 Å². The maximum Gasteiger partial charge on any atom is 0.238 e. The van der Waals surface area contributed by atoms with Gasteiger partial charge in [-0.25, -0.2) is 0 Å². The number of nitrogens with zero attached hydrogens (tertiary/aromatic N) is 3. The van der Waals surface area contributed by atoms with E-state index in [1.807, 2.05) is 0 Å². The van der Waals surface area contributed by atoms with Crippen molar-refractivity contribution < 1.29 is 4.79 Å². The highest BCUT2D eigenvalue weighted by Crippen LogP contribution is 2.24. The summed E-state index contributed by atoms with van der Waals surface area (Å²) in [5.41, 5.74) is 0.915. The number of nitriles is 1. The Morgan fingerprint density at radius 2 is 1.96 bits per heavy atom. The number of carbonyl (C=O) groups is 1. The highest BCUT2D eigenvalue weighted by atomic mass is 35.5. The summed E-state index contributed by atoms with van der Waals surface area (Å²) in [7, 11) is 0. The molecule has 1 saturated carbocycles. The summed E-state index contributed by atoms with van der Waals surface area (Å²) in [6, 6.07) is 7.73. The van der Waals surface area contributed by atoms with Gasteiger partial charge in [-0.15, -0.1) is 0 Å². The lowest BCUT2D eigenvalue weighted by Gasteiger charge is -2.37. The summed E-state index contributed by atoms with van der Waals surface area (Å²) in [6.07, 6.45) is 5.36. The number of nitrogens with one attached hydrogen (secondary N) is 1. The Kier molecular flexibility index (Phi) is 5.72. The van der Waals surface area contributed by atoms with Crippen LogP contribution in [-0.4, -0.2) is 54.5 Å². The van der Waals surface area contributed by atoms with Gasteiger partial charge < -0.3 is 5.32 Å². The van der Waals surface area contributed by atoms with Gasteiger partial charge in [0.05, 0.1) is 17.8 Å². The molecule has 1 heterocycles. The zero-order valence-electron chi connectivity index (χ0n) is 13.8. The average Bonchev–Trinajstić information content (AvgIpc) is 3.10. The van der Waals surface area contributed by atoms with E-state index in [1.165, 1.54) is 25.7 Å². The van der Waals surface area contributed by atoms with Crippen molar-refractivity contribution in [1.29, 1.82) is 5.26 Å². The number of amides is 1. The molecule has 1 aromatic carbocycles. The minimum Gasteiger partial charge on any atom is -0.324 e. The van der Waals surface area contributed by atoms with Crippen molar-refractivity contribution in [1.82, 2.24) is 9.80 Å². The van der Waals surface area contributed by atoms with Crippen LogP contribution in [0.25, 0.3) is 0 Å². The lowest BCUT2D eigenvalue weighted by molar-refractivity contribution is -0.117. The number of carbonyl (C=O) groups excluding carboxylic acids is 1. The summed E-state index contributed by atoms with van der Waals surface area (Å²) in [5, 5.41) is 12.4. The molecule has 0 atom stereocenters. The molecule has 5 nitrogen and oxygen atoms in total. The third-order valence-corrected chi connectivity index (χ3v) is 5.23. The van der Waals surface area contributed by atoms with Gasteiger partial charge in [-0.2, -0.15) is 5.26 Å². The van der Waals surface area contributed by atoms with Gasteiger partial charge in [-0.1, -0.05) is 24.4 Å². The van der Waals surface area contributed by atoms with Gasteiger partial charge >= 0.3 is 0 Å². The van der Waals surface area contributed by atoms with E-state index in [0.717, 1.165) is 32.2 Å². The summed E-state index contributed by atoms with van der Waals surface area (Å²) in [6.45, 7) is 4.28. The first kappa shape index (κ1) is 17.2. The summed E-state index contributed by atoms with van der Waals surface area (Å²) in [4.78, 5) is 17.0. The lowest BCUT2D eigenvalue weighted by atomic mass is 10.1. The number of rotatable bonds is 4. The second-order valence-corrected chi connectivity index (χ2v) is 7.04. The molecule has 6 heteroatoms. The van der Waals surface area contributed by atoms with Crippen molar-refractivity contribution in [3.8, 4) is 6.07 Å². The Bertz CT molecular complexity index is 628. The van der Waals surface area contributed by atoms with Crippen molar-refractivity contribution in [2.24, 2.45) is 0 Å². The first-order valence-electron chi connectivity index (χ1n) is 8.61. The van der Waals surface area contributed by atoms with Crippen molar-refractivity contribution in [2.75, 3.05) is 38.0 Å². The van der Waals surface area contributed by atoms with Crippen molar-refractivity contribution in [2.45, 2.75) is 31.7 Å². The quantitative estimate of drug-likeness (QED) is 0.910. The Morgan fingerprint density at radius 3 is 2.62 bits per heavy atom. The van der Waals surface area contributed by atoms with Gasteiger partial charge in [0.15, 0.2) is 0 Å². The SMILES string of the molecule is N#Cc1ccc(Cl)cc1NC(=O)CN1CCN(C2CCCC2)CC1. The van der Waals surface area contributed by atoms with Gasteiger partial charge in [-0.05, 0) is 31.0 Å². The number of halogens is 1. The number of anilines is 1. The van der Waals surface area contributed by atoms with Crippen LogP contribution in [0.3, 0.4) is 0 Å². The maximum absolute atomic E-state index is 12.3. The molecule has 1 aliphatic carbocycles. The smallest absolute Gasteiger partial charge is 0.238 e. The van der Waals surface area contributed by atoms with Crippen molar-refractivity contribution >= 4 is 23.2 Å². The minimum atomic E-state index is -0.0944. The van der Waals surface area contributed by atoms with E-state index in [2.05, 4.69) is 21.2 Å². The lowest BCUT2D eigenvalue weighted by Crippen LogP contribution is -2.51. The van der Waals surface area contributed by atoms with Crippen LogP contribution in [0.15, 0.2) is 18.2 Å². The zero-order chi connectivity index (χ0) is 16.9. The highest BCUT2D eigenvalue weighted by Gasteiger charge is 2.26. The summed E-state index contributed by atoms with van der Waals surface area (Å²) >= 11 is 5.95. The Labute approximate surface area is 148 Å². The standard InChI is InChI=1S/C18H23ClN4O/c19-15-6-5-14(12-20)17(11-15)21-18(24)13-22-7-9-23(10-8-22)16-3-1-2-4-16/h5-6,11,16H,1-4,7-10,13H2,(H,21,24). The minimum absolute atomic E-state index is 0.0944. The summed E-state index contributed by atoms with van der Waals surface area (Å²) in [5.74, 6) is -0.0944. The normalized spacial score (nSPS) is 20.0. The summed E-state index contributed by atoms with van der Waals surface area (Å²) < 4.78 is 0. The highest BCUT2D eigenvalue weighted by molar-refractivity contribution is 6.31. The Balaban J connectivity index is 1.49. The molecule has 128 valence electrons. The fourth-order valence-corrected chi connectivity index (χ4v) is 3.84. The molecule has 1 N–H and O–H groups in total. The molecule has 0 spiro atoms. The number of hydrogen-bond donors (Lipinski definition) is 1. The number of piperazine rings is 1. The zero-order valence-corrected chi connectivity index (χ0v) is 14.6. The molecule has 1 aromatic rings. The van der Waals surface area contributed by atoms with E-state index in [1.54, 1.807) is 18.2 Å². The second kappa shape index (κ2) is 7.98. The molecule has 1 aliphatic heterocycles. The van der Waals surface area contributed by atoms with Crippen molar-refractivity contribution in [3.63, 3.8) is 0 Å². The predicted molar refractivity (Wildman–Crippen MR) is 95.1 cm³/mol. The molecule has 2 fully saturated rings. The van der Waals surface area contributed by atoms with Crippen LogP contribution in [-0.2, 0) is 4.79 Å². The predicted octanol–water partition coefficient (Wildman–Crippen LogP) is 2.71. The molecule has 3 rings (SSSR count). The maximum atomic E-state index is 12.3. The molecule has 1 saturated heterocycles. The third kappa shape index (κ3) is 4.27. The fraction of sp³-hybridized carbons (Fsp3) is 0.556. The van der Waals surface area contributed by atoms with Gasteiger partial charge in [0.1, 0.15) is 6.07 Å². The molecule has 0 aromatic heterocycles. The number of benzene rings is 1. The molecule has 0 bridgehead atoms. The monoisotopic (exact) mass is 346 g/mol. The second-order valence-electron chi connectivity index (χ2n) is 6.60. The first-order chi connectivity index (χ1) is 11.7. The van der Waals surface area contributed by atoms with E-state index in [0.29, 0.717) is 22.8 Å². The van der Waals surface area contributed by atoms with E-state index < -0.39 is 0 Å². The van der Waals surface area contributed by atoms with Crippen LogP contribution >= 0.6 is 11.6 Å². The van der Waals surface area contributed by atoms with Gasteiger partial charge in [0, 0.05) is 37.2 Å². The topological polar surface area (TPSA) is 59.4 Å². The first-order valence-corrected chi connectivity index (χ1v) is 8.99. The average molecular weight is 347 g/mol. The largest absolute Gasteiger partial charge is 0.324 e. The van der Waals surface area contributed by atoms with Gasteiger partial charge in [0.25, 0.3) is 0 Å². The van der Waals surface area contributed by atoms with E-state index in [-0.39, 0.29) is 5.91 Å². The van der Waals surface area contributed by atoms with Crippen LogP contribution in [0.2, 0.25) is 5.02 Å². The van der Waals surface area contributed by atoms with Crippen LogP contribution in [0.4, 0.5) is 5.69 Å². The molecular weight excluding hydrogens is 324 g/mol. The van der Waals surface area contributed by atoms with E-state index in [9.17, 15) is 4.79 Å². The fourth-order valence-electron chi connectivity index (χ4n) is 3.67. The van der Waals surface area contributed by atoms with Crippen LogP contribution < -0.4 is 5.32 Å². The van der Waals surface area contributed by atoms with Gasteiger partial charge in [0.2, 0.25) is 5.91 Å². The van der Waals surface area contributed by atoms with Crippen molar-refractivity contribution in [3.05, 3.63) is 28.8 Å². The molecule has 0 unspecified atom stereocenters. The molecule has 24 heavy (non-hydrogen) atoms. The van der Waals surface area contributed by atoms with E-state index in [4.69, 9.17) is 16.9 Å².